The Bertz CT molecular complexity index is 1060. The molecule has 1 aromatic carbocycles. The summed E-state index contributed by atoms with van der Waals surface area (Å²) in [5, 5.41) is 2.96. The van der Waals surface area contributed by atoms with Crippen molar-refractivity contribution in [3.63, 3.8) is 0 Å². The van der Waals surface area contributed by atoms with Crippen LogP contribution in [0.3, 0.4) is 0 Å². The Morgan fingerprint density at radius 3 is 2.53 bits per heavy atom. The highest BCUT2D eigenvalue weighted by Crippen LogP contribution is 2.36. The van der Waals surface area contributed by atoms with Gasteiger partial charge in [-0.3, -0.25) is 0 Å². The van der Waals surface area contributed by atoms with Gasteiger partial charge >= 0.3 is 6.18 Å². The van der Waals surface area contributed by atoms with Crippen molar-refractivity contribution in [3.05, 3.63) is 35.9 Å². The van der Waals surface area contributed by atoms with E-state index in [2.05, 4.69) is 20.3 Å². The number of aromatic nitrogens is 4. The summed E-state index contributed by atoms with van der Waals surface area (Å²) in [6.45, 7) is 2.46. The van der Waals surface area contributed by atoms with Crippen molar-refractivity contribution in [2.45, 2.75) is 31.7 Å². The van der Waals surface area contributed by atoms with Crippen molar-refractivity contribution in [2.75, 3.05) is 29.0 Å². The first-order valence-corrected chi connectivity index (χ1v) is 9.38. The number of nitrogens with two attached hydrogens (primary N) is 1. The van der Waals surface area contributed by atoms with E-state index in [-0.39, 0.29) is 18.9 Å². The van der Waals surface area contributed by atoms with Gasteiger partial charge in [-0.2, -0.15) is 13.2 Å². The van der Waals surface area contributed by atoms with Crippen LogP contribution in [0.25, 0.3) is 11.0 Å². The second-order valence-electron chi connectivity index (χ2n) is 7.53. The number of alkyl halides is 4. The number of benzene rings is 1. The molecule has 3 heterocycles. The van der Waals surface area contributed by atoms with Crippen molar-refractivity contribution in [3.8, 4) is 0 Å². The number of piperidine rings is 1. The Kier molecular flexibility index (Phi) is 4.91. The van der Waals surface area contributed by atoms with Crippen LogP contribution < -0.4 is 16.0 Å². The third-order valence-electron chi connectivity index (χ3n) is 5.30. The first-order valence-electron chi connectivity index (χ1n) is 9.38. The number of aryl methyl sites for hydroxylation is 1. The third-order valence-corrected chi connectivity index (χ3v) is 5.30. The number of nitrogen functional groups attached to an aromatic ring is 1. The maximum atomic E-state index is 14.6. The molecule has 0 amide bonds. The molecule has 11 heteroatoms. The lowest BCUT2D eigenvalue weighted by Crippen LogP contribution is -2.48. The largest absolute Gasteiger partial charge is 0.419 e. The van der Waals surface area contributed by atoms with Crippen LogP contribution >= 0.6 is 0 Å². The fourth-order valence-electron chi connectivity index (χ4n) is 3.86. The molecule has 3 N–H and O–H groups in total. The summed E-state index contributed by atoms with van der Waals surface area (Å²) in [6, 6.07) is 1.39. The highest BCUT2D eigenvalue weighted by molar-refractivity contribution is 5.95. The molecule has 0 spiro atoms. The lowest BCUT2D eigenvalue weighted by molar-refractivity contribution is -0.138. The van der Waals surface area contributed by atoms with Gasteiger partial charge in [0.05, 0.1) is 28.6 Å². The number of hydrogen-bond donors (Lipinski definition) is 2. The highest BCUT2D eigenvalue weighted by atomic mass is 19.4. The van der Waals surface area contributed by atoms with Gasteiger partial charge in [0.15, 0.2) is 0 Å². The summed E-state index contributed by atoms with van der Waals surface area (Å²) in [5.74, 6) is 0.0250. The number of nitrogens with one attached hydrogen (secondary N) is 1. The quantitative estimate of drug-likeness (QED) is 0.497. The number of hydrogen-bond acceptors (Lipinski definition) is 6. The summed E-state index contributed by atoms with van der Waals surface area (Å²) < 4.78 is 54.6. The predicted octanol–water partition coefficient (Wildman–Crippen LogP) is 3.30. The van der Waals surface area contributed by atoms with Gasteiger partial charge in [0.1, 0.15) is 6.17 Å². The fraction of sp³-hybridized carbons (Fsp3) is 0.421. The number of imidazole rings is 1. The average Bonchev–Trinajstić information content (AvgIpc) is 3.02. The van der Waals surface area contributed by atoms with Gasteiger partial charge in [-0.15, -0.1) is 0 Å². The van der Waals surface area contributed by atoms with Gasteiger partial charge in [-0.1, -0.05) is 0 Å². The van der Waals surface area contributed by atoms with Crippen molar-refractivity contribution in [1.29, 1.82) is 0 Å². The Hall–Kier alpha value is -3.11. The summed E-state index contributed by atoms with van der Waals surface area (Å²) in [5.41, 5.74) is 8.96. The Labute approximate surface area is 169 Å². The van der Waals surface area contributed by atoms with Crippen LogP contribution in [0.1, 0.15) is 17.5 Å². The minimum atomic E-state index is -4.51. The molecule has 1 saturated heterocycles. The van der Waals surface area contributed by atoms with E-state index in [1.165, 1.54) is 0 Å². The van der Waals surface area contributed by atoms with Crippen LogP contribution in [-0.2, 0) is 13.2 Å². The second kappa shape index (κ2) is 7.29. The molecule has 0 bridgehead atoms. The van der Waals surface area contributed by atoms with Crippen LogP contribution in [0.15, 0.2) is 24.8 Å². The fourth-order valence-corrected chi connectivity index (χ4v) is 3.86. The Balaban J connectivity index is 1.61. The van der Waals surface area contributed by atoms with Crippen molar-refractivity contribution < 1.29 is 17.6 Å². The Morgan fingerprint density at radius 2 is 1.87 bits per heavy atom. The van der Waals surface area contributed by atoms with Crippen LogP contribution in [0, 0.1) is 6.92 Å². The van der Waals surface area contributed by atoms with Gasteiger partial charge in [-0.25, -0.2) is 19.3 Å². The molecule has 0 radical (unpaired) electrons. The summed E-state index contributed by atoms with van der Waals surface area (Å²) >= 11 is 0. The van der Waals surface area contributed by atoms with Crippen LogP contribution in [-0.4, -0.2) is 44.8 Å². The van der Waals surface area contributed by atoms with Gasteiger partial charge in [0.25, 0.3) is 0 Å². The minimum Gasteiger partial charge on any atom is -0.398 e. The smallest absolute Gasteiger partial charge is 0.398 e. The maximum absolute atomic E-state index is 14.6. The molecule has 160 valence electrons. The summed E-state index contributed by atoms with van der Waals surface area (Å²) in [6.07, 6.45) is -2.36. The van der Waals surface area contributed by atoms with E-state index in [1.54, 1.807) is 12.4 Å². The van der Waals surface area contributed by atoms with Crippen LogP contribution in [0.4, 0.5) is 34.9 Å². The monoisotopic (exact) mass is 423 g/mol. The number of halogens is 4. The van der Waals surface area contributed by atoms with E-state index in [0.717, 1.165) is 16.8 Å². The van der Waals surface area contributed by atoms with Crippen LogP contribution in [0.2, 0.25) is 0 Å². The average molecular weight is 423 g/mol. The number of anilines is 3. The van der Waals surface area contributed by atoms with E-state index in [4.69, 9.17) is 5.73 Å². The van der Waals surface area contributed by atoms with E-state index in [1.807, 2.05) is 23.4 Å². The summed E-state index contributed by atoms with van der Waals surface area (Å²) in [4.78, 5) is 13.7. The SMILES string of the molecule is Cc1c(N)cc2ncn(C)c2c1N1C[C@H](F)C[C@@H](Nc2ncc(C(F)(F)F)cn2)C1. The number of fused-ring (bicyclic) bond motifs is 1. The van der Waals surface area contributed by atoms with Gasteiger partial charge in [0, 0.05) is 50.7 Å². The molecule has 3 aromatic rings. The highest BCUT2D eigenvalue weighted by Gasteiger charge is 2.33. The molecule has 4 rings (SSSR count). The summed E-state index contributed by atoms with van der Waals surface area (Å²) in [7, 11) is 1.86. The molecule has 0 aliphatic carbocycles. The Morgan fingerprint density at radius 1 is 1.17 bits per heavy atom. The molecule has 1 aliphatic heterocycles. The van der Waals surface area contributed by atoms with Gasteiger partial charge in [-0.05, 0) is 18.6 Å². The zero-order chi connectivity index (χ0) is 21.6. The molecular weight excluding hydrogens is 402 g/mol. The predicted molar refractivity (Wildman–Crippen MR) is 106 cm³/mol. The zero-order valence-corrected chi connectivity index (χ0v) is 16.4. The topological polar surface area (TPSA) is 84.9 Å². The van der Waals surface area contributed by atoms with Gasteiger partial charge < -0.3 is 20.5 Å². The zero-order valence-electron chi connectivity index (χ0n) is 16.4. The second-order valence-corrected chi connectivity index (χ2v) is 7.53. The molecule has 2 atom stereocenters. The maximum Gasteiger partial charge on any atom is 0.419 e. The lowest BCUT2D eigenvalue weighted by Gasteiger charge is -2.37. The van der Waals surface area contributed by atoms with Crippen molar-refractivity contribution in [1.82, 2.24) is 19.5 Å². The van der Waals surface area contributed by atoms with E-state index in [9.17, 15) is 17.6 Å². The molecule has 1 aliphatic rings. The molecular formula is C19H21F4N7. The third kappa shape index (κ3) is 3.71. The lowest BCUT2D eigenvalue weighted by atomic mass is 10.0. The minimum absolute atomic E-state index is 0.0250. The first-order chi connectivity index (χ1) is 14.1. The molecule has 30 heavy (non-hydrogen) atoms. The normalized spacial score (nSPS) is 20.0. The van der Waals surface area contributed by atoms with Gasteiger partial charge in [0.2, 0.25) is 5.95 Å². The molecule has 1 fully saturated rings. The molecule has 7 nitrogen and oxygen atoms in total. The number of rotatable bonds is 3. The van der Waals surface area contributed by atoms with E-state index >= 15 is 0 Å². The first kappa shape index (κ1) is 20.2. The molecule has 2 aromatic heterocycles. The van der Waals surface area contributed by atoms with E-state index in [0.29, 0.717) is 30.1 Å². The van der Waals surface area contributed by atoms with Crippen molar-refractivity contribution in [2.24, 2.45) is 7.05 Å². The number of nitrogens with zero attached hydrogens (tertiary/aromatic N) is 5. The standard InChI is InChI=1S/C19H21F4N7/c1-10-14(24)4-15-17(29(2)9-27-15)16(10)30-7-12(20)3-13(8-30)28-18-25-5-11(6-26-18)19(21,22)23/h4-6,9,12-13H,3,7-8,24H2,1-2H3,(H,25,26,28)/t12-,13-/m1/s1. The van der Waals surface area contributed by atoms with Crippen LogP contribution in [0.5, 0.6) is 0 Å². The van der Waals surface area contributed by atoms with Crippen molar-refractivity contribution >= 4 is 28.4 Å². The molecule has 0 saturated carbocycles. The van der Waals surface area contributed by atoms with E-state index < -0.39 is 24.0 Å². The molecule has 0 unspecified atom stereocenters.